The van der Waals surface area contributed by atoms with Gasteiger partial charge in [0.25, 0.3) is 0 Å². The summed E-state index contributed by atoms with van der Waals surface area (Å²) in [5.41, 5.74) is 1.04. The molecule has 25 heavy (non-hydrogen) atoms. The Balaban J connectivity index is 1.53. The van der Waals surface area contributed by atoms with Gasteiger partial charge < -0.3 is 4.90 Å². The number of rotatable bonds is 4. The van der Waals surface area contributed by atoms with Crippen LogP contribution in [-0.4, -0.2) is 27.6 Å². The summed E-state index contributed by atoms with van der Waals surface area (Å²) in [5.74, 6) is 0.218. The molecule has 3 aromatic rings. The first-order valence-corrected chi connectivity index (χ1v) is 10.3. The van der Waals surface area contributed by atoms with Crippen LogP contribution in [0.25, 0.3) is 10.2 Å². The van der Waals surface area contributed by atoms with E-state index in [4.69, 9.17) is 4.98 Å². The number of carbonyl (C=O) groups is 1. The molecule has 2 aromatic carbocycles. The largest absolute Gasteiger partial charge is 0.332 e. The number of thioether (sulfide) groups is 1. The standard InChI is InChI=1S/C20H20N2OS2/c1-14(24-15-8-3-2-4-9-15)20(23)22-13-7-11-17(22)19-21-16-10-5-6-12-18(16)25-19/h2-6,8-10,12,14,17H,7,11,13H2,1H3. The number of fused-ring (bicyclic) bond motifs is 1. The zero-order valence-corrected chi connectivity index (χ0v) is 15.7. The second-order valence-electron chi connectivity index (χ2n) is 6.28. The lowest BCUT2D eigenvalue weighted by Crippen LogP contribution is -2.36. The summed E-state index contributed by atoms with van der Waals surface area (Å²) in [6.07, 6.45) is 2.06. The van der Waals surface area contributed by atoms with Gasteiger partial charge in [0.15, 0.2) is 0 Å². The number of aromatic nitrogens is 1. The average molecular weight is 369 g/mol. The van der Waals surface area contributed by atoms with E-state index in [-0.39, 0.29) is 17.2 Å². The van der Waals surface area contributed by atoms with E-state index in [1.807, 2.05) is 48.2 Å². The Bertz CT molecular complexity index is 845. The van der Waals surface area contributed by atoms with E-state index < -0.39 is 0 Å². The number of likely N-dealkylation sites (tertiary alicyclic amines) is 1. The van der Waals surface area contributed by atoms with Gasteiger partial charge in [-0.05, 0) is 44.0 Å². The van der Waals surface area contributed by atoms with Gasteiger partial charge in [0.05, 0.1) is 21.5 Å². The van der Waals surface area contributed by atoms with Crippen molar-refractivity contribution in [2.24, 2.45) is 0 Å². The highest BCUT2D eigenvalue weighted by Gasteiger charge is 2.34. The van der Waals surface area contributed by atoms with E-state index in [1.54, 1.807) is 23.1 Å². The Morgan fingerprint density at radius 2 is 1.96 bits per heavy atom. The molecule has 5 heteroatoms. The Morgan fingerprint density at radius 3 is 2.76 bits per heavy atom. The van der Waals surface area contributed by atoms with E-state index in [0.29, 0.717) is 0 Å². The number of carbonyl (C=O) groups excluding carboxylic acids is 1. The van der Waals surface area contributed by atoms with Crippen molar-refractivity contribution in [1.29, 1.82) is 0 Å². The van der Waals surface area contributed by atoms with Crippen LogP contribution in [0.15, 0.2) is 59.5 Å². The first-order chi connectivity index (χ1) is 12.2. The lowest BCUT2D eigenvalue weighted by atomic mass is 10.2. The van der Waals surface area contributed by atoms with E-state index >= 15 is 0 Å². The van der Waals surface area contributed by atoms with Crippen LogP contribution in [0.4, 0.5) is 0 Å². The molecule has 128 valence electrons. The Labute approximate surface area is 156 Å². The van der Waals surface area contributed by atoms with E-state index in [2.05, 4.69) is 18.2 Å². The molecule has 1 aliphatic rings. The highest BCUT2D eigenvalue weighted by atomic mass is 32.2. The molecule has 1 fully saturated rings. The molecule has 0 spiro atoms. The van der Waals surface area contributed by atoms with Crippen LogP contribution >= 0.6 is 23.1 Å². The van der Waals surface area contributed by atoms with E-state index in [0.717, 1.165) is 34.8 Å². The molecule has 2 unspecified atom stereocenters. The van der Waals surface area contributed by atoms with Crippen molar-refractivity contribution in [3.8, 4) is 0 Å². The van der Waals surface area contributed by atoms with Crippen LogP contribution in [0.3, 0.4) is 0 Å². The van der Waals surface area contributed by atoms with Gasteiger partial charge in [-0.2, -0.15) is 0 Å². The fourth-order valence-electron chi connectivity index (χ4n) is 3.31. The maximum Gasteiger partial charge on any atom is 0.236 e. The van der Waals surface area contributed by atoms with Crippen molar-refractivity contribution in [3.05, 3.63) is 59.6 Å². The molecule has 1 aromatic heterocycles. The van der Waals surface area contributed by atoms with E-state index in [1.165, 1.54) is 4.70 Å². The first kappa shape index (κ1) is 16.6. The number of hydrogen-bond acceptors (Lipinski definition) is 4. The minimum Gasteiger partial charge on any atom is -0.332 e. The molecule has 3 nitrogen and oxygen atoms in total. The maximum atomic E-state index is 13.0. The molecule has 0 N–H and O–H groups in total. The smallest absolute Gasteiger partial charge is 0.236 e. The molecule has 1 amide bonds. The summed E-state index contributed by atoms with van der Waals surface area (Å²) in [7, 11) is 0. The maximum absolute atomic E-state index is 13.0. The lowest BCUT2D eigenvalue weighted by molar-refractivity contribution is -0.131. The second-order valence-corrected chi connectivity index (χ2v) is 8.76. The SMILES string of the molecule is CC(Sc1ccccc1)C(=O)N1CCCC1c1nc2ccccc2s1. The number of hydrogen-bond donors (Lipinski definition) is 0. The van der Waals surface area contributed by atoms with Gasteiger partial charge in [-0.3, -0.25) is 4.79 Å². The van der Waals surface area contributed by atoms with Gasteiger partial charge in [-0.25, -0.2) is 4.98 Å². The molecule has 2 atom stereocenters. The number of amides is 1. The molecular formula is C20H20N2OS2. The quantitative estimate of drug-likeness (QED) is 0.598. The van der Waals surface area contributed by atoms with Gasteiger partial charge in [0.2, 0.25) is 5.91 Å². The minimum atomic E-state index is -0.0858. The van der Waals surface area contributed by atoms with Crippen LogP contribution in [0.2, 0.25) is 0 Å². The van der Waals surface area contributed by atoms with Gasteiger partial charge in [0, 0.05) is 11.4 Å². The molecule has 2 heterocycles. The topological polar surface area (TPSA) is 33.2 Å². The summed E-state index contributed by atoms with van der Waals surface area (Å²) < 4.78 is 1.20. The number of thiazole rings is 1. The molecular weight excluding hydrogens is 348 g/mol. The number of nitrogens with zero attached hydrogens (tertiary/aromatic N) is 2. The van der Waals surface area contributed by atoms with Crippen molar-refractivity contribution < 1.29 is 4.79 Å². The van der Waals surface area contributed by atoms with Crippen LogP contribution < -0.4 is 0 Å². The molecule has 0 saturated carbocycles. The third-order valence-corrected chi connectivity index (χ3v) is 6.77. The highest BCUT2D eigenvalue weighted by Crippen LogP contribution is 2.38. The van der Waals surface area contributed by atoms with Gasteiger partial charge in [0.1, 0.15) is 5.01 Å². The van der Waals surface area contributed by atoms with Gasteiger partial charge >= 0.3 is 0 Å². The minimum absolute atomic E-state index is 0.0858. The summed E-state index contributed by atoms with van der Waals surface area (Å²) >= 11 is 3.35. The van der Waals surface area contributed by atoms with Crippen molar-refractivity contribution in [1.82, 2.24) is 9.88 Å². The molecule has 4 rings (SSSR count). The lowest BCUT2D eigenvalue weighted by Gasteiger charge is -2.26. The van der Waals surface area contributed by atoms with Crippen LogP contribution in [0.5, 0.6) is 0 Å². The Morgan fingerprint density at radius 1 is 1.20 bits per heavy atom. The van der Waals surface area contributed by atoms with Crippen molar-refractivity contribution >= 4 is 39.2 Å². The van der Waals surface area contributed by atoms with Gasteiger partial charge in [-0.1, -0.05) is 30.3 Å². The van der Waals surface area contributed by atoms with Crippen LogP contribution in [0, 0.1) is 0 Å². The van der Waals surface area contributed by atoms with Crippen molar-refractivity contribution in [2.45, 2.75) is 36.0 Å². The third-order valence-electron chi connectivity index (χ3n) is 4.54. The number of para-hydroxylation sites is 1. The third kappa shape index (κ3) is 3.44. The zero-order chi connectivity index (χ0) is 17.2. The summed E-state index contributed by atoms with van der Waals surface area (Å²) in [4.78, 5) is 21.0. The predicted octanol–water partition coefficient (Wildman–Crippen LogP) is 5.14. The van der Waals surface area contributed by atoms with Crippen molar-refractivity contribution in [2.75, 3.05) is 6.54 Å². The molecule has 0 radical (unpaired) electrons. The van der Waals surface area contributed by atoms with Crippen LogP contribution in [0.1, 0.15) is 30.8 Å². The molecule has 0 aliphatic carbocycles. The zero-order valence-electron chi connectivity index (χ0n) is 14.1. The Kier molecular flexibility index (Phi) is 4.77. The average Bonchev–Trinajstić information content (AvgIpc) is 3.28. The normalized spacial score (nSPS) is 18.6. The summed E-state index contributed by atoms with van der Waals surface area (Å²) in [6.45, 7) is 2.84. The summed E-state index contributed by atoms with van der Waals surface area (Å²) in [5, 5.41) is 0.987. The predicted molar refractivity (Wildman–Crippen MR) is 105 cm³/mol. The second kappa shape index (κ2) is 7.18. The molecule has 1 aliphatic heterocycles. The summed E-state index contributed by atoms with van der Waals surface area (Å²) in [6, 6.07) is 18.5. The fourth-order valence-corrected chi connectivity index (χ4v) is 5.38. The monoisotopic (exact) mass is 368 g/mol. The Hall–Kier alpha value is -1.85. The van der Waals surface area contributed by atoms with Gasteiger partial charge in [-0.15, -0.1) is 23.1 Å². The fraction of sp³-hybridized carbons (Fsp3) is 0.300. The van der Waals surface area contributed by atoms with Crippen molar-refractivity contribution in [3.63, 3.8) is 0 Å². The molecule has 0 bridgehead atoms. The first-order valence-electron chi connectivity index (χ1n) is 8.60. The molecule has 1 saturated heterocycles. The number of benzene rings is 2. The highest BCUT2D eigenvalue weighted by molar-refractivity contribution is 8.00. The van der Waals surface area contributed by atoms with E-state index in [9.17, 15) is 4.79 Å². The van der Waals surface area contributed by atoms with Crippen LogP contribution in [-0.2, 0) is 4.79 Å².